The lowest BCUT2D eigenvalue weighted by molar-refractivity contribution is -0.136. The van der Waals surface area contributed by atoms with E-state index in [0.29, 0.717) is 24.6 Å². The number of ether oxygens (including phenoxy) is 1. The Morgan fingerprint density at radius 3 is 2.62 bits per heavy atom. The quantitative estimate of drug-likeness (QED) is 0.393. The van der Waals surface area contributed by atoms with Gasteiger partial charge in [-0.2, -0.15) is 0 Å². The number of carboxylic acids is 1. The van der Waals surface area contributed by atoms with Gasteiger partial charge in [-0.05, 0) is 49.1 Å². The molecule has 2 aliphatic heterocycles. The van der Waals surface area contributed by atoms with E-state index in [1.807, 2.05) is 24.3 Å². The van der Waals surface area contributed by atoms with E-state index < -0.39 is 5.97 Å². The number of aryl methyl sites for hydroxylation is 1. The predicted molar refractivity (Wildman–Crippen MR) is 139 cm³/mol. The molecule has 0 spiro atoms. The van der Waals surface area contributed by atoms with E-state index in [0.717, 1.165) is 42.7 Å². The van der Waals surface area contributed by atoms with Crippen molar-refractivity contribution in [3.8, 4) is 0 Å². The van der Waals surface area contributed by atoms with Gasteiger partial charge in [0.25, 0.3) is 5.91 Å². The first-order chi connectivity index (χ1) is 18.1. The van der Waals surface area contributed by atoms with E-state index in [1.54, 1.807) is 0 Å². The maximum Gasteiger partial charge on any atom is 0.303 e. The lowest BCUT2D eigenvalue weighted by Crippen LogP contribution is -2.28. The Labute approximate surface area is 218 Å². The topological polar surface area (TPSA) is 102 Å². The van der Waals surface area contributed by atoms with Crippen molar-refractivity contribution < 1.29 is 23.8 Å². The molecule has 37 heavy (non-hydrogen) atoms. The number of amides is 1. The Kier molecular flexibility index (Phi) is 8.39. The Hall–Kier alpha value is -2.93. The maximum absolute atomic E-state index is 12.7. The fourth-order valence-corrected chi connectivity index (χ4v) is 6.45. The van der Waals surface area contributed by atoms with Crippen LogP contribution in [0.3, 0.4) is 0 Å². The van der Waals surface area contributed by atoms with Gasteiger partial charge in [-0.25, -0.2) is 4.98 Å². The molecule has 1 amide bonds. The van der Waals surface area contributed by atoms with Crippen LogP contribution in [0.1, 0.15) is 91.2 Å². The number of carboxylic acid groups (broad SMARTS) is 1. The van der Waals surface area contributed by atoms with Gasteiger partial charge in [-0.3, -0.25) is 9.59 Å². The standard InChI is InChI=1S/C30H38N2O5/c33-27(34)16-13-21-11-4-5-12-22(21)18-23-25-14-15-26(37-25)28(23)30-32-24(19-36-30)29(35)31-17-7-6-10-20-8-2-1-3-9-20/h4-7,11-12,19-20,23,25-26,28H,1-3,8-10,13-18H2,(H,31,35)(H,33,34)/b7-6+/t23-,25-,26+,28-/m0/s1. The molecule has 4 atom stereocenters. The Balaban J connectivity index is 1.20. The number of fused-ring (bicyclic) bond motifs is 2. The van der Waals surface area contributed by atoms with Crippen molar-refractivity contribution in [1.82, 2.24) is 10.3 Å². The number of nitrogens with zero attached hydrogens (tertiary/aromatic N) is 1. The molecule has 5 rings (SSSR count). The number of oxazole rings is 1. The number of rotatable bonds is 11. The van der Waals surface area contributed by atoms with E-state index in [2.05, 4.69) is 22.4 Å². The molecule has 3 fully saturated rings. The van der Waals surface area contributed by atoms with Gasteiger partial charge in [0.15, 0.2) is 5.69 Å². The first-order valence-electron chi connectivity index (χ1n) is 13.9. The van der Waals surface area contributed by atoms with Crippen LogP contribution < -0.4 is 5.32 Å². The minimum Gasteiger partial charge on any atom is -0.481 e. The number of allylic oxidation sites excluding steroid dienone is 1. The van der Waals surface area contributed by atoms with E-state index >= 15 is 0 Å². The summed E-state index contributed by atoms with van der Waals surface area (Å²) in [7, 11) is 0. The monoisotopic (exact) mass is 506 g/mol. The summed E-state index contributed by atoms with van der Waals surface area (Å²) in [4.78, 5) is 28.4. The van der Waals surface area contributed by atoms with Gasteiger partial charge in [0.2, 0.25) is 5.89 Å². The van der Waals surface area contributed by atoms with Crippen molar-refractivity contribution in [3.63, 3.8) is 0 Å². The van der Waals surface area contributed by atoms with Crippen LogP contribution in [-0.2, 0) is 22.4 Å². The van der Waals surface area contributed by atoms with Crippen LogP contribution in [-0.4, -0.2) is 40.7 Å². The fourth-order valence-electron chi connectivity index (χ4n) is 6.45. The van der Waals surface area contributed by atoms with Gasteiger partial charge in [0.1, 0.15) is 6.26 Å². The van der Waals surface area contributed by atoms with Crippen LogP contribution >= 0.6 is 0 Å². The van der Waals surface area contributed by atoms with Crippen molar-refractivity contribution in [3.05, 3.63) is 65.4 Å². The molecule has 0 radical (unpaired) electrons. The number of carbonyl (C=O) groups excluding carboxylic acids is 1. The Morgan fingerprint density at radius 2 is 1.81 bits per heavy atom. The number of aromatic nitrogens is 1. The van der Waals surface area contributed by atoms with Crippen molar-refractivity contribution in [2.45, 2.75) is 88.8 Å². The maximum atomic E-state index is 12.7. The minimum atomic E-state index is -0.791. The molecule has 7 heteroatoms. The van der Waals surface area contributed by atoms with Crippen molar-refractivity contribution in [1.29, 1.82) is 0 Å². The first kappa shape index (κ1) is 25.7. The highest BCUT2D eigenvalue weighted by molar-refractivity contribution is 5.92. The molecule has 2 N–H and O–H groups in total. The third-order valence-corrected chi connectivity index (χ3v) is 8.39. The van der Waals surface area contributed by atoms with Crippen LogP contribution in [0.5, 0.6) is 0 Å². The zero-order valence-corrected chi connectivity index (χ0v) is 21.4. The molecule has 7 nitrogen and oxygen atoms in total. The molecular formula is C30H38N2O5. The minimum absolute atomic E-state index is 0.0109. The average molecular weight is 507 g/mol. The summed E-state index contributed by atoms with van der Waals surface area (Å²) in [5.41, 5.74) is 2.52. The second kappa shape index (κ2) is 12.1. The second-order valence-electron chi connectivity index (χ2n) is 10.8. The van der Waals surface area contributed by atoms with Crippen molar-refractivity contribution in [2.75, 3.05) is 6.54 Å². The van der Waals surface area contributed by atoms with E-state index in [1.165, 1.54) is 38.4 Å². The number of carbonyl (C=O) groups is 2. The number of hydrogen-bond acceptors (Lipinski definition) is 5. The number of nitrogens with one attached hydrogen (secondary N) is 1. The zero-order valence-electron chi connectivity index (χ0n) is 21.4. The average Bonchev–Trinajstić information content (AvgIpc) is 3.65. The molecule has 0 unspecified atom stereocenters. The summed E-state index contributed by atoms with van der Waals surface area (Å²) in [6.45, 7) is 0.487. The molecule has 1 saturated carbocycles. The summed E-state index contributed by atoms with van der Waals surface area (Å²) in [5, 5.41) is 12.1. The lowest BCUT2D eigenvalue weighted by Gasteiger charge is -2.26. The number of benzene rings is 1. The number of hydrogen-bond donors (Lipinski definition) is 2. The van der Waals surface area contributed by atoms with Gasteiger partial charge in [0.05, 0.1) is 18.1 Å². The highest BCUT2D eigenvalue weighted by Crippen LogP contribution is 2.50. The molecule has 2 bridgehead atoms. The highest BCUT2D eigenvalue weighted by atomic mass is 16.5. The largest absolute Gasteiger partial charge is 0.481 e. The molecular weight excluding hydrogens is 468 g/mol. The first-order valence-corrected chi connectivity index (χ1v) is 13.9. The van der Waals surface area contributed by atoms with Gasteiger partial charge in [-0.1, -0.05) is 68.5 Å². The molecule has 2 saturated heterocycles. The van der Waals surface area contributed by atoms with E-state index in [9.17, 15) is 9.59 Å². The molecule has 1 aromatic carbocycles. The van der Waals surface area contributed by atoms with Crippen LogP contribution in [0.25, 0.3) is 0 Å². The third-order valence-electron chi connectivity index (χ3n) is 8.39. The normalized spacial score (nSPS) is 25.6. The highest BCUT2D eigenvalue weighted by Gasteiger charge is 2.51. The van der Waals surface area contributed by atoms with Crippen LogP contribution in [0.15, 0.2) is 47.1 Å². The SMILES string of the molecule is O=C(O)CCc1ccccc1C[C@@H]1[C@H](c2nc(C(=O)NC/C=C/CC3CCCCC3)co2)[C@H]2CC[C@@H]1O2. The van der Waals surface area contributed by atoms with Gasteiger partial charge in [-0.15, -0.1) is 0 Å². The summed E-state index contributed by atoms with van der Waals surface area (Å²) in [6.07, 6.45) is 17.0. The lowest BCUT2D eigenvalue weighted by atomic mass is 9.75. The Morgan fingerprint density at radius 1 is 1.03 bits per heavy atom. The second-order valence-corrected chi connectivity index (χ2v) is 10.8. The van der Waals surface area contributed by atoms with Crippen molar-refractivity contribution in [2.24, 2.45) is 11.8 Å². The molecule has 1 aromatic heterocycles. The fraction of sp³-hybridized carbons (Fsp3) is 0.567. The van der Waals surface area contributed by atoms with E-state index in [4.69, 9.17) is 14.3 Å². The predicted octanol–water partition coefficient (Wildman–Crippen LogP) is 5.45. The summed E-state index contributed by atoms with van der Waals surface area (Å²) < 4.78 is 12.1. The van der Waals surface area contributed by atoms with Crippen molar-refractivity contribution >= 4 is 11.9 Å². The van der Waals surface area contributed by atoms with Crippen LogP contribution in [0.4, 0.5) is 0 Å². The molecule has 3 aliphatic rings. The summed E-state index contributed by atoms with van der Waals surface area (Å²) >= 11 is 0. The van der Waals surface area contributed by atoms with Crippen LogP contribution in [0, 0.1) is 11.8 Å². The molecule has 3 heterocycles. The van der Waals surface area contributed by atoms with Gasteiger partial charge >= 0.3 is 5.97 Å². The number of aliphatic carboxylic acids is 1. The molecule has 2 aromatic rings. The third kappa shape index (κ3) is 6.32. The van der Waals surface area contributed by atoms with Gasteiger partial charge in [0, 0.05) is 18.9 Å². The van der Waals surface area contributed by atoms with Gasteiger partial charge < -0.3 is 19.6 Å². The zero-order chi connectivity index (χ0) is 25.6. The molecule has 1 aliphatic carbocycles. The molecule has 198 valence electrons. The summed E-state index contributed by atoms with van der Waals surface area (Å²) in [5.74, 6) is 0.515. The van der Waals surface area contributed by atoms with Crippen LogP contribution in [0.2, 0.25) is 0 Å². The summed E-state index contributed by atoms with van der Waals surface area (Å²) in [6, 6.07) is 8.05. The Bertz CT molecular complexity index is 1100. The van der Waals surface area contributed by atoms with E-state index in [-0.39, 0.29) is 36.4 Å². The smallest absolute Gasteiger partial charge is 0.303 e.